The lowest BCUT2D eigenvalue weighted by atomic mass is 9.96. The highest BCUT2D eigenvalue weighted by molar-refractivity contribution is 5.86. The van der Waals surface area contributed by atoms with Gasteiger partial charge in [0.15, 0.2) is 0 Å². The summed E-state index contributed by atoms with van der Waals surface area (Å²) in [5, 5.41) is 2.80. The summed E-state index contributed by atoms with van der Waals surface area (Å²) >= 11 is 0. The molecule has 1 atom stereocenters. The Morgan fingerprint density at radius 3 is 2.16 bits per heavy atom. The van der Waals surface area contributed by atoms with Gasteiger partial charge in [-0.15, -0.1) is 0 Å². The number of amides is 2. The van der Waals surface area contributed by atoms with Crippen molar-refractivity contribution in [3.05, 3.63) is 0 Å². The highest BCUT2D eigenvalue weighted by atomic mass is 16.2. The molecule has 0 bridgehead atoms. The molecule has 5 heteroatoms. The number of rotatable bonds is 8. The largest absolute Gasteiger partial charge is 0.352 e. The third-order valence-corrected chi connectivity index (χ3v) is 2.87. The maximum Gasteiger partial charge on any atom is 0.239 e. The van der Waals surface area contributed by atoms with Crippen molar-refractivity contribution in [1.29, 1.82) is 0 Å². The fourth-order valence-corrected chi connectivity index (χ4v) is 2.01. The lowest BCUT2D eigenvalue weighted by molar-refractivity contribution is -0.139. The van der Waals surface area contributed by atoms with Crippen molar-refractivity contribution in [3.63, 3.8) is 0 Å². The van der Waals surface area contributed by atoms with Gasteiger partial charge in [-0.3, -0.25) is 9.59 Å². The van der Waals surface area contributed by atoms with Crippen LogP contribution in [0.4, 0.5) is 0 Å². The van der Waals surface area contributed by atoms with Gasteiger partial charge in [-0.1, -0.05) is 13.8 Å². The molecule has 1 unspecified atom stereocenters. The summed E-state index contributed by atoms with van der Waals surface area (Å²) < 4.78 is 0. The van der Waals surface area contributed by atoms with Gasteiger partial charge in [0, 0.05) is 19.1 Å². The first-order valence-corrected chi connectivity index (χ1v) is 7.09. The Bertz CT molecular complexity index is 290. The van der Waals surface area contributed by atoms with Crippen molar-refractivity contribution < 1.29 is 9.59 Å². The summed E-state index contributed by atoms with van der Waals surface area (Å²) in [5.74, 6) is 0.0932. The second-order valence-corrected chi connectivity index (χ2v) is 5.64. The van der Waals surface area contributed by atoms with Crippen molar-refractivity contribution in [1.82, 2.24) is 10.2 Å². The molecular formula is C14H29N3O2. The van der Waals surface area contributed by atoms with E-state index in [4.69, 9.17) is 5.73 Å². The predicted molar refractivity (Wildman–Crippen MR) is 77.5 cm³/mol. The summed E-state index contributed by atoms with van der Waals surface area (Å²) in [5.41, 5.74) is 5.68. The van der Waals surface area contributed by atoms with Crippen LogP contribution in [-0.4, -0.2) is 42.4 Å². The number of hydrogen-bond donors (Lipinski definition) is 2. The van der Waals surface area contributed by atoms with E-state index in [2.05, 4.69) is 19.2 Å². The Kier molecular flexibility index (Phi) is 8.39. The van der Waals surface area contributed by atoms with E-state index in [-0.39, 0.29) is 30.3 Å². The number of likely N-dealkylation sites (N-methyl/N-ethyl adjacent to an activating group) is 1. The van der Waals surface area contributed by atoms with Gasteiger partial charge in [-0.25, -0.2) is 0 Å². The van der Waals surface area contributed by atoms with Gasteiger partial charge in [0.1, 0.15) is 0 Å². The molecule has 2 amide bonds. The van der Waals surface area contributed by atoms with Gasteiger partial charge in [-0.2, -0.15) is 0 Å². The molecule has 0 rings (SSSR count). The first kappa shape index (κ1) is 17.9. The van der Waals surface area contributed by atoms with Crippen molar-refractivity contribution >= 4 is 11.8 Å². The lowest BCUT2D eigenvalue weighted by Crippen LogP contribution is -2.46. The number of hydrogen-bond acceptors (Lipinski definition) is 3. The van der Waals surface area contributed by atoms with Gasteiger partial charge in [0.2, 0.25) is 11.8 Å². The Morgan fingerprint density at radius 1 is 1.21 bits per heavy atom. The van der Waals surface area contributed by atoms with Crippen LogP contribution in [0, 0.1) is 11.8 Å². The Labute approximate surface area is 116 Å². The summed E-state index contributed by atoms with van der Waals surface area (Å²) in [6.07, 6.45) is 0.762. The van der Waals surface area contributed by atoms with Crippen LogP contribution in [0.5, 0.6) is 0 Å². The minimum atomic E-state index is -0.188. The van der Waals surface area contributed by atoms with Crippen LogP contribution >= 0.6 is 0 Å². The van der Waals surface area contributed by atoms with Crippen LogP contribution in [0.1, 0.15) is 41.0 Å². The Morgan fingerprint density at radius 2 is 1.79 bits per heavy atom. The molecule has 0 heterocycles. The zero-order chi connectivity index (χ0) is 15.0. The first-order chi connectivity index (χ1) is 8.81. The van der Waals surface area contributed by atoms with Crippen LogP contribution in [-0.2, 0) is 9.59 Å². The molecule has 0 aromatic heterocycles. The van der Waals surface area contributed by atoms with E-state index in [0.717, 1.165) is 6.42 Å². The zero-order valence-electron chi connectivity index (χ0n) is 12.9. The van der Waals surface area contributed by atoms with Crippen LogP contribution in [0.15, 0.2) is 0 Å². The van der Waals surface area contributed by atoms with Crippen LogP contribution in [0.25, 0.3) is 0 Å². The lowest BCUT2D eigenvalue weighted by Gasteiger charge is -2.26. The van der Waals surface area contributed by atoms with Crippen molar-refractivity contribution in [2.45, 2.75) is 47.1 Å². The number of carbonyl (C=O) groups excluding carboxylic acids is 2. The molecule has 0 saturated heterocycles. The van der Waals surface area contributed by atoms with Crippen LogP contribution in [0.2, 0.25) is 0 Å². The van der Waals surface area contributed by atoms with Gasteiger partial charge in [0.05, 0.1) is 12.5 Å². The highest BCUT2D eigenvalue weighted by Crippen LogP contribution is 2.13. The second-order valence-electron chi connectivity index (χ2n) is 5.64. The van der Waals surface area contributed by atoms with E-state index in [1.807, 2.05) is 20.8 Å². The number of nitrogens with zero attached hydrogens (tertiary/aromatic N) is 1. The number of nitrogens with one attached hydrogen (secondary N) is 1. The first-order valence-electron chi connectivity index (χ1n) is 7.09. The second kappa shape index (κ2) is 8.91. The van der Waals surface area contributed by atoms with Crippen molar-refractivity contribution in [3.8, 4) is 0 Å². The van der Waals surface area contributed by atoms with E-state index >= 15 is 0 Å². The van der Waals surface area contributed by atoms with E-state index in [0.29, 0.717) is 19.0 Å². The molecular weight excluding hydrogens is 242 g/mol. The molecule has 0 aliphatic heterocycles. The fraction of sp³-hybridized carbons (Fsp3) is 0.857. The quantitative estimate of drug-likeness (QED) is 0.691. The molecule has 3 N–H and O–H groups in total. The predicted octanol–water partition coefficient (Wildman–Crippen LogP) is 0.981. The van der Waals surface area contributed by atoms with Crippen molar-refractivity contribution in [2.75, 3.05) is 19.6 Å². The maximum absolute atomic E-state index is 12.3. The number of nitrogens with two attached hydrogens (primary N) is 1. The summed E-state index contributed by atoms with van der Waals surface area (Å²) in [7, 11) is 0. The molecule has 0 fully saturated rings. The highest BCUT2D eigenvalue weighted by Gasteiger charge is 2.24. The Hall–Kier alpha value is -1.10. The standard InChI is InChI=1S/C14H29N3O2/c1-6-17(9-13(18)16-11(4)5)14(19)12(8-15)7-10(2)3/h10-12H,6-9,15H2,1-5H3,(H,16,18). The normalized spacial score (nSPS) is 12.6. The van der Waals surface area contributed by atoms with Gasteiger partial charge >= 0.3 is 0 Å². The van der Waals surface area contributed by atoms with E-state index < -0.39 is 0 Å². The monoisotopic (exact) mass is 271 g/mol. The molecule has 0 aliphatic rings. The van der Waals surface area contributed by atoms with Gasteiger partial charge < -0.3 is 16.0 Å². The molecule has 0 aliphatic carbocycles. The summed E-state index contributed by atoms with van der Waals surface area (Å²) in [6.45, 7) is 10.8. The molecule has 0 aromatic rings. The van der Waals surface area contributed by atoms with Crippen LogP contribution < -0.4 is 11.1 Å². The smallest absolute Gasteiger partial charge is 0.239 e. The average Bonchev–Trinajstić information content (AvgIpc) is 2.30. The topological polar surface area (TPSA) is 75.4 Å². The van der Waals surface area contributed by atoms with Crippen LogP contribution in [0.3, 0.4) is 0 Å². The van der Waals surface area contributed by atoms with E-state index in [1.165, 1.54) is 0 Å². The third kappa shape index (κ3) is 7.15. The zero-order valence-corrected chi connectivity index (χ0v) is 12.9. The minimum absolute atomic E-state index is 0.0161. The number of carbonyl (C=O) groups is 2. The maximum atomic E-state index is 12.3. The molecule has 0 saturated carbocycles. The SMILES string of the molecule is CCN(CC(=O)NC(C)C)C(=O)C(CN)CC(C)C. The van der Waals surface area contributed by atoms with Gasteiger partial charge in [0.25, 0.3) is 0 Å². The average molecular weight is 271 g/mol. The Balaban J connectivity index is 4.56. The van der Waals surface area contributed by atoms with Gasteiger partial charge in [-0.05, 0) is 33.1 Å². The van der Waals surface area contributed by atoms with Crippen molar-refractivity contribution in [2.24, 2.45) is 17.6 Å². The van der Waals surface area contributed by atoms with E-state index in [1.54, 1.807) is 4.90 Å². The van der Waals surface area contributed by atoms with E-state index in [9.17, 15) is 9.59 Å². The molecule has 5 nitrogen and oxygen atoms in total. The fourth-order valence-electron chi connectivity index (χ4n) is 2.01. The molecule has 19 heavy (non-hydrogen) atoms. The summed E-state index contributed by atoms with van der Waals surface area (Å²) in [4.78, 5) is 25.6. The summed E-state index contributed by atoms with van der Waals surface area (Å²) in [6, 6.07) is 0.0854. The molecule has 0 aromatic carbocycles. The third-order valence-electron chi connectivity index (χ3n) is 2.87. The molecule has 0 radical (unpaired) electrons. The molecule has 112 valence electrons. The molecule has 0 spiro atoms. The minimum Gasteiger partial charge on any atom is -0.352 e.